The first-order valence-electron chi connectivity index (χ1n) is 5.89. The first-order valence-corrected chi connectivity index (χ1v) is 5.89. The van der Waals surface area contributed by atoms with Crippen LogP contribution in [-0.2, 0) is 0 Å². The van der Waals surface area contributed by atoms with Crippen molar-refractivity contribution in [2.24, 2.45) is 17.1 Å². The molecular weight excluding hydrogens is 196 g/mol. The lowest BCUT2D eigenvalue weighted by Crippen LogP contribution is -2.50. The van der Waals surface area contributed by atoms with E-state index in [1.54, 1.807) is 0 Å². The largest absolute Gasteiger partial charge is 0.320 e. The Bertz CT molecular complexity index is 206. The van der Waals surface area contributed by atoms with Gasteiger partial charge in [0.25, 0.3) is 6.43 Å². The Morgan fingerprint density at radius 2 is 1.80 bits per heavy atom. The van der Waals surface area contributed by atoms with Gasteiger partial charge in [0.1, 0.15) is 0 Å². The van der Waals surface area contributed by atoms with Crippen LogP contribution in [0.15, 0.2) is 0 Å². The summed E-state index contributed by atoms with van der Waals surface area (Å²) in [6.45, 7) is 6.62. The monoisotopic (exact) mass is 219 g/mol. The molecule has 0 amide bonds. The Kier molecular flexibility index (Phi) is 3.75. The molecule has 0 radical (unpaired) electrons. The van der Waals surface area contributed by atoms with E-state index in [9.17, 15) is 8.78 Å². The molecule has 90 valence electrons. The van der Waals surface area contributed by atoms with Crippen LogP contribution in [0.3, 0.4) is 0 Å². The van der Waals surface area contributed by atoms with Crippen LogP contribution in [-0.4, -0.2) is 12.0 Å². The molecule has 1 saturated carbocycles. The molecule has 1 nitrogen and oxygen atoms in total. The molecule has 0 aromatic heterocycles. The summed E-state index contributed by atoms with van der Waals surface area (Å²) >= 11 is 0. The molecule has 0 atom stereocenters. The highest BCUT2D eigenvalue weighted by Gasteiger charge is 2.42. The topological polar surface area (TPSA) is 26.0 Å². The van der Waals surface area contributed by atoms with Gasteiger partial charge in [-0.15, -0.1) is 0 Å². The van der Waals surface area contributed by atoms with E-state index in [0.29, 0.717) is 18.8 Å². The van der Waals surface area contributed by atoms with Crippen molar-refractivity contribution in [3.8, 4) is 0 Å². The van der Waals surface area contributed by atoms with E-state index in [-0.39, 0.29) is 5.41 Å². The van der Waals surface area contributed by atoms with E-state index < -0.39 is 12.0 Å². The van der Waals surface area contributed by atoms with Crippen LogP contribution in [0.2, 0.25) is 0 Å². The number of halogens is 2. The molecule has 0 aromatic rings. The zero-order chi connectivity index (χ0) is 11.7. The van der Waals surface area contributed by atoms with Gasteiger partial charge in [0, 0.05) is 0 Å². The molecule has 0 aliphatic heterocycles. The van der Waals surface area contributed by atoms with E-state index in [2.05, 4.69) is 20.8 Å². The molecule has 2 N–H and O–H groups in total. The lowest BCUT2D eigenvalue weighted by molar-refractivity contribution is 0.00514. The van der Waals surface area contributed by atoms with E-state index in [4.69, 9.17) is 5.73 Å². The standard InChI is InChI=1S/C12H23F2N/c1-4-11(2,3)9-5-7-12(15,8-6-9)10(13)14/h9-10H,4-8,15H2,1-3H3. The fraction of sp³-hybridized carbons (Fsp3) is 1.00. The summed E-state index contributed by atoms with van der Waals surface area (Å²) in [4.78, 5) is 0. The lowest BCUT2D eigenvalue weighted by atomic mass is 9.66. The van der Waals surface area contributed by atoms with Gasteiger partial charge in [-0.2, -0.15) is 0 Å². The molecular formula is C12H23F2N. The van der Waals surface area contributed by atoms with Crippen LogP contribution in [0.1, 0.15) is 52.9 Å². The first-order chi connectivity index (χ1) is 6.82. The van der Waals surface area contributed by atoms with Crippen LogP contribution < -0.4 is 5.73 Å². The molecule has 0 spiro atoms. The second-order valence-corrected chi connectivity index (χ2v) is 5.65. The zero-order valence-electron chi connectivity index (χ0n) is 10.0. The van der Waals surface area contributed by atoms with Crippen LogP contribution in [0, 0.1) is 11.3 Å². The summed E-state index contributed by atoms with van der Waals surface area (Å²) in [7, 11) is 0. The van der Waals surface area contributed by atoms with Crippen molar-refractivity contribution in [2.45, 2.75) is 64.8 Å². The number of hydrogen-bond acceptors (Lipinski definition) is 1. The quantitative estimate of drug-likeness (QED) is 0.771. The maximum atomic E-state index is 12.7. The number of rotatable bonds is 3. The third-order valence-electron chi connectivity index (χ3n) is 4.37. The minimum Gasteiger partial charge on any atom is -0.320 e. The van der Waals surface area contributed by atoms with Gasteiger partial charge in [0.15, 0.2) is 0 Å². The fourth-order valence-corrected chi connectivity index (χ4v) is 2.44. The van der Waals surface area contributed by atoms with E-state index in [0.717, 1.165) is 19.3 Å². The van der Waals surface area contributed by atoms with Gasteiger partial charge in [-0.25, -0.2) is 8.78 Å². The molecule has 0 saturated heterocycles. The van der Waals surface area contributed by atoms with E-state index in [1.165, 1.54) is 0 Å². The summed E-state index contributed by atoms with van der Waals surface area (Å²) in [5.74, 6) is 0.554. The SMILES string of the molecule is CCC(C)(C)C1CCC(N)(C(F)F)CC1. The van der Waals surface area contributed by atoms with Crippen molar-refractivity contribution in [1.29, 1.82) is 0 Å². The third kappa shape index (κ3) is 2.68. The molecule has 1 rings (SSSR count). The van der Waals surface area contributed by atoms with Crippen molar-refractivity contribution in [2.75, 3.05) is 0 Å². The predicted molar refractivity (Wildman–Crippen MR) is 59.0 cm³/mol. The molecule has 15 heavy (non-hydrogen) atoms. The molecule has 0 unspecified atom stereocenters. The molecule has 1 aliphatic rings. The maximum Gasteiger partial charge on any atom is 0.256 e. The van der Waals surface area contributed by atoms with Crippen molar-refractivity contribution in [3.63, 3.8) is 0 Å². The van der Waals surface area contributed by atoms with Crippen LogP contribution in [0.25, 0.3) is 0 Å². The fourth-order valence-electron chi connectivity index (χ4n) is 2.44. The van der Waals surface area contributed by atoms with E-state index in [1.807, 2.05) is 0 Å². The third-order valence-corrected chi connectivity index (χ3v) is 4.37. The minimum absolute atomic E-state index is 0.267. The lowest BCUT2D eigenvalue weighted by Gasteiger charge is -2.42. The Labute approximate surface area is 91.4 Å². The summed E-state index contributed by atoms with van der Waals surface area (Å²) in [6.07, 6.45) is 1.37. The molecule has 1 fully saturated rings. The number of alkyl halides is 2. The number of nitrogens with two attached hydrogens (primary N) is 1. The smallest absolute Gasteiger partial charge is 0.256 e. The van der Waals surface area contributed by atoms with Crippen molar-refractivity contribution >= 4 is 0 Å². The Balaban J connectivity index is 2.56. The Morgan fingerprint density at radius 3 is 2.13 bits per heavy atom. The van der Waals surface area contributed by atoms with Crippen molar-refractivity contribution in [1.82, 2.24) is 0 Å². The van der Waals surface area contributed by atoms with Gasteiger partial charge in [0.2, 0.25) is 0 Å². The van der Waals surface area contributed by atoms with Gasteiger partial charge >= 0.3 is 0 Å². The average molecular weight is 219 g/mol. The summed E-state index contributed by atoms with van der Waals surface area (Å²) in [5, 5.41) is 0. The second kappa shape index (κ2) is 4.36. The van der Waals surface area contributed by atoms with Crippen LogP contribution in [0.5, 0.6) is 0 Å². The molecule has 1 aliphatic carbocycles. The Morgan fingerprint density at radius 1 is 1.33 bits per heavy atom. The van der Waals surface area contributed by atoms with Crippen LogP contribution in [0.4, 0.5) is 8.78 Å². The minimum atomic E-state index is -2.37. The van der Waals surface area contributed by atoms with Gasteiger partial charge in [-0.1, -0.05) is 27.2 Å². The highest BCUT2D eigenvalue weighted by molar-refractivity contribution is 4.94. The van der Waals surface area contributed by atoms with Gasteiger partial charge in [0.05, 0.1) is 5.54 Å². The normalized spacial score (nSPS) is 33.4. The first kappa shape index (κ1) is 12.9. The summed E-state index contributed by atoms with van der Waals surface area (Å²) in [6, 6.07) is 0. The summed E-state index contributed by atoms with van der Waals surface area (Å²) < 4.78 is 25.4. The second-order valence-electron chi connectivity index (χ2n) is 5.65. The Hall–Kier alpha value is -0.180. The predicted octanol–water partition coefficient (Wildman–Crippen LogP) is 3.58. The van der Waals surface area contributed by atoms with E-state index >= 15 is 0 Å². The highest BCUT2D eigenvalue weighted by atomic mass is 19.3. The molecule has 3 heteroatoms. The van der Waals surface area contributed by atoms with Crippen molar-refractivity contribution in [3.05, 3.63) is 0 Å². The molecule has 0 heterocycles. The maximum absolute atomic E-state index is 12.7. The molecule has 0 bridgehead atoms. The van der Waals surface area contributed by atoms with Gasteiger partial charge in [-0.3, -0.25) is 0 Å². The average Bonchev–Trinajstić information content (AvgIpc) is 2.18. The van der Waals surface area contributed by atoms with Crippen molar-refractivity contribution < 1.29 is 8.78 Å². The zero-order valence-corrected chi connectivity index (χ0v) is 10.0. The summed E-state index contributed by atoms with van der Waals surface area (Å²) in [5.41, 5.74) is 4.76. The molecule has 0 aromatic carbocycles. The van der Waals surface area contributed by atoms with Gasteiger partial charge < -0.3 is 5.73 Å². The van der Waals surface area contributed by atoms with Gasteiger partial charge in [-0.05, 0) is 37.0 Å². The highest BCUT2D eigenvalue weighted by Crippen LogP contribution is 2.44. The van der Waals surface area contributed by atoms with Crippen LogP contribution >= 0.6 is 0 Å². The number of hydrogen-bond donors (Lipinski definition) is 1.